The van der Waals surface area contributed by atoms with Crippen LogP contribution in [0.1, 0.15) is 5.56 Å². The van der Waals surface area contributed by atoms with Crippen LogP contribution in [0.15, 0.2) is 36.4 Å². The van der Waals surface area contributed by atoms with E-state index in [1.165, 1.54) is 6.07 Å². The molecule has 0 saturated heterocycles. The number of amides is 1. The summed E-state index contributed by atoms with van der Waals surface area (Å²) < 4.78 is 64.9. The number of halogens is 6. The quantitative estimate of drug-likeness (QED) is 0.773. The van der Waals surface area contributed by atoms with Crippen molar-refractivity contribution < 1.29 is 26.7 Å². The summed E-state index contributed by atoms with van der Waals surface area (Å²) >= 11 is 5.53. The van der Waals surface area contributed by atoms with Crippen LogP contribution in [0.2, 0.25) is 5.02 Å². The molecular formula is C15H10ClF5N2O. The molecule has 0 unspecified atom stereocenters. The van der Waals surface area contributed by atoms with E-state index in [-0.39, 0.29) is 10.7 Å². The summed E-state index contributed by atoms with van der Waals surface area (Å²) in [6.07, 6.45) is -4.70. The molecule has 2 N–H and O–H groups in total. The van der Waals surface area contributed by atoms with Crippen LogP contribution < -0.4 is 10.6 Å². The predicted octanol–water partition coefficient (Wildman–Crippen LogP) is 4.69. The summed E-state index contributed by atoms with van der Waals surface area (Å²) in [5, 5.41) is 4.30. The average Bonchev–Trinajstić information content (AvgIpc) is 2.47. The molecule has 1 amide bonds. The highest BCUT2D eigenvalue weighted by Crippen LogP contribution is 2.36. The molecule has 0 saturated carbocycles. The van der Waals surface area contributed by atoms with Crippen molar-refractivity contribution in [1.82, 2.24) is 0 Å². The van der Waals surface area contributed by atoms with Gasteiger partial charge < -0.3 is 10.6 Å². The van der Waals surface area contributed by atoms with Gasteiger partial charge in [0.15, 0.2) is 0 Å². The van der Waals surface area contributed by atoms with E-state index in [2.05, 4.69) is 10.6 Å². The highest BCUT2D eigenvalue weighted by Gasteiger charge is 2.34. The Morgan fingerprint density at radius 2 is 1.71 bits per heavy atom. The minimum Gasteiger partial charge on any atom is -0.374 e. The van der Waals surface area contributed by atoms with Crippen molar-refractivity contribution in [1.29, 1.82) is 0 Å². The van der Waals surface area contributed by atoms with Crippen molar-refractivity contribution in [3.05, 3.63) is 58.6 Å². The lowest BCUT2D eigenvalue weighted by Crippen LogP contribution is -2.24. The lowest BCUT2D eigenvalue weighted by molar-refractivity contribution is -0.137. The van der Waals surface area contributed by atoms with Gasteiger partial charge in [0, 0.05) is 11.1 Å². The molecule has 0 spiro atoms. The van der Waals surface area contributed by atoms with Gasteiger partial charge in [-0.05, 0) is 30.3 Å². The first-order chi connectivity index (χ1) is 11.2. The molecule has 0 aliphatic rings. The van der Waals surface area contributed by atoms with E-state index < -0.39 is 41.5 Å². The van der Waals surface area contributed by atoms with Gasteiger partial charge in [0.05, 0.1) is 23.5 Å². The molecule has 2 aromatic carbocycles. The van der Waals surface area contributed by atoms with Gasteiger partial charge in [-0.3, -0.25) is 4.79 Å². The van der Waals surface area contributed by atoms with Gasteiger partial charge in [0.1, 0.15) is 11.6 Å². The number of hydrogen-bond donors (Lipinski definition) is 2. The maximum atomic E-state index is 13.4. The second kappa shape index (κ2) is 7.04. The third kappa shape index (κ3) is 4.58. The van der Waals surface area contributed by atoms with Crippen LogP contribution >= 0.6 is 11.6 Å². The number of anilines is 2. The van der Waals surface area contributed by atoms with Crippen LogP contribution in [0.3, 0.4) is 0 Å². The number of alkyl halides is 3. The lowest BCUT2D eigenvalue weighted by atomic mass is 10.1. The first-order valence-electron chi connectivity index (χ1n) is 6.52. The average molecular weight is 365 g/mol. The SMILES string of the molecule is O=C(CNc1ccc(F)cc1F)Nc1ccc(Cl)cc1C(F)(F)F. The molecule has 0 aliphatic heterocycles. The highest BCUT2D eigenvalue weighted by atomic mass is 35.5. The Bertz CT molecular complexity index is 764. The number of nitrogens with one attached hydrogen (secondary N) is 2. The molecule has 2 rings (SSSR count). The molecule has 0 aromatic heterocycles. The van der Waals surface area contributed by atoms with Crippen molar-refractivity contribution in [2.24, 2.45) is 0 Å². The van der Waals surface area contributed by atoms with E-state index in [0.717, 1.165) is 18.2 Å². The summed E-state index contributed by atoms with van der Waals surface area (Å²) in [7, 11) is 0. The second-order valence-corrected chi connectivity index (χ2v) is 5.15. The highest BCUT2D eigenvalue weighted by molar-refractivity contribution is 6.30. The summed E-state index contributed by atoms with van der Waals surface area (Å²) in [5.74, 6) is -2.56. The van der Waals surface area contributed by atoms with Crippen molar-refractivity contribution in [2.75, 3.05) is 17.2 Å². The largest absolute Gasteiger partial charge is 0.418 e. The minimum absolute atomic E-state index is 0.133. The number of rotatable bonds is 4. The maximum Gasteiger partial charge on any atom is 0.418 e. The van der Waals surface area contributed by atoms with Gasteiger partial charge in [-0.1, -0.05) is 11.6 Å². The van der Waals surface area contributed by atoms with Crippen LogP contribution in [0, 0.1) is 11.6 Å². The molecule has 0 radical (unpaired) electrons. The van der Waals surface area contributed by atoms with E-state index in [1.54, 1.807) is 0 Å². The molecule has 2 aromatic rings. The summed E-state index contributed by atoms with van der Waals surface area (Å²) in [5.41, 5.74) is -1.73. The number of hydrogen-bond acceptors (Lipinski definition) is 2. The van der Waals surface area contributed by atoms with Crippen LogP contribution in [0.5, 0.6) is 0 Å². The summed E-state index contributed by atoms with van der Waals surface area (Å²) in [4.78, 5) is 11.8. The van der Waals surface area contributed by atoms with Gasteiger partial charge in [0.2, 0.25) is 5.91 Å². The smallest absolute Gasteiger partial charge is 0.374 e. The number of benzene rings is 2. The zero-order valence-corrected chi connectivity index (χ0v) is 12.6. The third-order valence-electron chi connectivity index (χ3n) is 2.93. The Hall–Kier alpha value is -2.35. The second-order valence-electron chi connectivity index (χ2n) is 4.71. The Morgan fingerprint density at radius 3 is 2.33 bits per heavy atom. The van der Waals surface area contributed by atoms with Gasteiger partial charge >= 0.3 is 6.18 Å². The lowest BCUT2D eigenvalue weighted by Gasteiger charge is -2.14. The van der Waals surface area contributed by atoms with Crippen LogP contribution in [0.25, 0.3) is 0 Å². The Morgan fingerprint density at radius 1 is 1.04 bits per heavy atom. The standard InChI is InChI=1S/C15H10ClF5N2O/c16-8-1-3-12(10(5-8)15(19,20)21)23-14(24)7-22-13-4-2-9(17)6-11(13)18/h1-6,22H,7H2,(H,23,24). The van der Waals surface area contributed by atoms with E-state index in [9.17, 15) is 26.7 Å². The van der Waals surface area contributed by atoms with Crippen LogP contribution in [-0.4, -0.2) is 12.5 Å². The number of carbonyl (C=O) groups is 1. The number of carbonyl (C=O) groups excluding carboxylic acids is 1. The topological polar surface area (TPSA) is 41.1 Å². The van der Waals surface area contributed by atoms with Crippen molar-refractivity contribution in [3.8, 4) is 0 Å². The fraction of sp³-hybridized carbons (Fsp3) is 0.133. The first kappa shape index (κ1) is 18.0. The van der Waals surface area contributed by atoms with Gasteiger partial charge in [-0.25, -0.2) is 8.78 Å². The Kier molecular flexibility index (Phi) is 5.28. The van der Waals surface area contributed by atoms with E-state index in [4.69, 9.17) is 11.6 Å². The molecule has 0 aliphatic carbocycles. The van der Waals surface area contributed by atoms with Gasteiger partial charge in [-0.15, -0.1) is 0 Å². The van der Waals surface area contributed by atoms with Crippen molar-refractivity contribution in [3.63, 3.8) is 0 Å². The van der Waals surface area contributed by atoms with E-state index in [1.807, 2.05) is 0 Å². The van der Waals surface area contributed by atoms with E-state index in [0.29, 0.717) is 12.1 Å². The minimum atomic E-state index is -4.70. The van der Waals surface area contributed by atoms with Gasteiger partial charge in [-0.2, -0.15) is 13.2 Å². The Balaban J connectivity index is 2.08. The van der Waals surface area contributed by atoms with Gasteiger partial charge in [0.25, 0.3) is 0 Å². The zero-order valence-electron chi connectivity index (χ0n) is 11.8. The summed E-state index contributed by atoms with van der Waals surface area (Å²) in [6, 6.07) is 5.55. The molecule has 24 heavy (non-hydrogen) atoms. The molecule has 0 heterocycles. The molecule has 3 nitrogen and oxygen atoms in total. The van der Waals surface area contributed by atoms with E-state index >= 15 is 0 Å². The molecule has 0 bridgehead atoms. The molecule has 128 valence electrons. The first-order valence-corrected chi connectivity index (χ1v) is 6.90. The summed E-state index contributed by atoms with van der Waals surface area (Å²) in [6.45, 7) is -0.511. The molecule has 9 heteroatoms. The maximum absolute atomic E-state index is 13.4. The monoisotopic (exact) mass is 364 g/mol. The molecule has 0 atom stereocenters. The van der Waals surface area contributed by atoms with Crippen LogP contribution in [0.4, 0.5) is 33.3 Å². The molecule has 0 fully saturated rings. The molecular weight excluding hydrogens is 355 g/mol. The van der Waals surface area contributed by atoms with Crippen LogP contribution in [-0.2, 0) is 11.0 Å². The fourth-order valence-corrected chi connectivity index (χ4v) is 2.03. The third-order valence-corrected chi connectivity index (χ3v) is 3.17. The Labute approximate surface area is 138 Å². The van der Waals surface area contributed by atoms with Crippen molar-refractivity contribution >= 4 is 28.9 Å². The fourth-order valence-electron chi connectivity index (χ4n) is 1.86. The zero-order chi connectivity index (χ0) is 17.9. The predicted molar refractivity (Wildman–Crippen MR) is 79.9 cm³/mol. The normalized spacial score (nSPS) is 11.2. The van der Waals surface area contributed by atoms with Crippen molar-refractivity contribution in [2.45, 2.75) is 6.18 Å².